The van der Waals surface area contributed by atoms with Crippen LogP contribution < -0.4 is 5.32 Å². The van der Waals surface area contributed by atoms with Gasteiger partial charge in [-0.25, -0.2) is 0 Å². The summed E-state index contributed by atoms with van der Waals surface area (Å²) in [6, 6.07) is 11.9. The number of hydrogen-bond donors (Lipinski definition) is 1. The largest absolute Gasteiger partial charge is 0.312 e. The third kappa shape index (κ3) is 3.17. The molecule has 2 heteroatoms. The van der Waals surface area contributed by atoms with Crippen LogP contribution in [0.4, 0.5) is 0 Å². The Labute approximate surface area is 129 Å². The van der Waals surface area contributed by atoms with E-state index >= 15 is 0 Å². The summed E-state index contributed by atoms with van der Waals surface area (Å²) in [4.78, 5) is 2.71. The van der Waals surface area contributed by atoms with Crippen LogP contribution in [0.3, 0.4) is 0 Å². The Morgan fingerprint density at radius 2 is 1.62 bits per heavy atom. The first-order valence-electron chi connectivity index (χ1n) is 8.70. The lowest BCUT2D eigenvalue weighted by Gasteiger charge is -2.44. The molecule has 116 valence electrons. The molecule has 1 aliphatic carbocycles. The summed E-state index contributed by atoms with van der Waals surface area (Å²) in [5.74, 6) is 0. The minimum Gasteiger partial charge on any atom is -0.312 e. The van der Waals surface area contributed by atoms with Gasteiger partial charge in [-0.05, 0) is 63.7 Å². The molecule has 0 aromatic heterocycles. The number of nitrogens with one attached hydrogen (secondary N) is 1. The number of likely N-dealkylation sites (N-methyl/N-ethyl adjacent to an activating group) is 1. The molecule has 1 aromatic carbocycles. The molecule has 1 heterocycles. The maximum Gasteiger partial charge on any atom is 0.0473 e. The van der Waals surface area contributed by atoms with E-state index in [1.807, 2.05) is 0 Å². The van der Waals surface area contributed by atoms with Crippen molar-refractivity contribution in [3.05, 3.63) is 35.9 Å². The molecule has 1 N–H and O–H groups in total. The molecular formula is C19H30N2. The van der Waals surface area contributed by atoms with Gasteiger partial charge in [-0.2, -0.15) is 0 Å². The highest BCUT2D eigenvalue weighted by Crippen LogP contribution is 2.46. The van der Waals surface area contributed by atoms with E-state index in [0.717, 1.165) is 5.41 Å². The third-order valence-corrected chi connectivity index (χ3v) is 6.05. The Morgan fingerprint density at radius 1 is 1.00 bits per heavy atom. The van der Waals surface area contributed by atoms with E-state index in [-0.39, 0.29) is 0 Å². The first-order chi connectivity index (χ1) is 10.2. The van der Waals surface area contributed by atoms with Crippen LogP contribution in [0.15, 0.2) is 30.3 Å². The zero-order chi connectivity index (χ0) is 14.7. The zero-order valence-corrected chi connectivity index (χ0v) is 13.6. The minimum absolute atomic E-state index is 0.434. The second kappa shape index (κ2) is 6.50. The maximum atomic E-state index is 3.53. The molecule has 2 nitrogen and oxygen atoms in total. The molecule has 0 radical (unpaired) electrons. The smallest absolute Gasteiger partial charge is 0.0473 e. The van der Waals surface area contributed by atoms with E-state index < -0.39 is 0 Å². The fourth-order valence-corrected chi connectivity index (χ4v) is 4.59. The Morgan fingerprint density at radius 3 is 2.19 bits per heavy atom. The normalized spacial score (nSPS) is 25.0. The van der Waals surface area contributed by atoms with Gasteiger partial charge in [0, 0.05) is 12.1 Å². The van der Waals surface area contributed by atoms with Crippen LogP contribution in [-0.2, 0) is 0 Å². The highest BCUT2D eigenvalue weighted by molar-refractivity contribution is 5.20. The van der Waals surface area contributed by atoms with Crippen molar-refractivity contribution in [3.8, 4) is 0 Å². The van der Waals surface area contributed by atoms with Gasteiger partial charge in [0.05, 0.1) is 0 Å². The summed E-state index contributed by atoms with van der Waals surface area (Å²) in [7, 11) is 2.09. The Hall–Kier alpha value is -0.860. The van der Waals surface area contributed by atoms with E-state index in [2.05, 4.69) is 54.5 Å². The molecule has 2 fully saturated rings. The van der Waals surface area contributed by atoms with Crippen LogP contribution in [0.1, 0.15) is 57.1 Å². The number of hydrogen-bond acceptors (Lipinski definition) is 2. The van der Waals surface area contributed by atoms with E-state index in [1.54, 1.807) is 0 Å². The third-order valence-electron chi connectivity index (χ3n) is 6.05. The molecule has 2 aliphatic rings. The van der Waals surface area contributed by atoms with Gasteiger partial charge in [0.2, 0.25) is 0 Å². The van der Waals surface area contributed by atoms with Crippen molar-refractivity contribution < 1.29 is 0 Å². The van der Waals surface area contributed by atoms with Crippen molar-refractivity contribution >= 4 is 0 Å². The van der Waals surface area contributed by atoms with Gasteiger partial charge in [0.1, 0.15) is 0 Å². The number of likely N-dealkylation sites (tertiary alicyclic amines) is 1. The average Bonchev–Trinajstić information content (AvgIpc) is 2.98. The molecular weight excluding hydrogens is 256 g/mol. The summed E-state index contributed by atoms with van der Waals surface area (Å²) in [6.07, 6.45) is 8.76. The predicted octanol–water partition coefficient (Wildman–Crippen LogP) is 3.99. The van der Waals surface area contributed by atoms with E-state index in [1.165, 1.54) is 57.2 Å². The lowest BCUT2D eigenvalue weighted by Crippen LogP contribution is -2.48. The Bertz CT molecular complexity index is 426. The zero-order valence-electron chi connectivity index (χ0n) is 13.6. The number of piperidine rings is 1. The monoisotopic (exact) mass is 286 g/mol. The molecule has 3 rings (SSSR count). The van der Waals surface area contributed by atoms with Gasteiger partial charge in [0.15, 0.2) is 0 Å². The standard InChI is InChI=1S/C19H30N2/c1-16(18(20-2)17-8-4-3-5-9-17)21-14-12-19(13-15-21)10-6-7-11-19/h3-5,8-9,16,18,20H,6-7,10-15H2,1-2H3. The van der Waals surface area contributed by atoms with Crippen LogP contribution >= 0.6 is 0 Å². The van der Waals surface area contributed by atoms with Gasteiger partial charge in [-0.1, -0.05) is 43.2 Å². The highest BCUT2D eigenvalue weighted by Gasteiger charge is 2.38. The van der Waals surface area contributed by atoms with Gasteiger partial charge >= 0.3 is 0 Å². The van der Waals surface area contributed by atoms with Gasteiger partial charge < -0.3 is 5.32 Å². The van der Waals surface area contributed by atoms with Gasteiger partial charge in [-0.15, -0.1) is 0 Å². The van der Waals surface area contributed by atoms with Crippen LogP contribution in [0.2, 0.25) is 0 Å². The van der Waals surface area contributed by atoms with E-state index in [0.29, 0.717) is 12.1 Å². The molecule has 1 aliphatic heterocycles. The second-order valence-electron chi connectivity index (χ2n) is 7.16. The molecule has 0 bridgehead atoms. The Kier molecular flexibility index (Phi) is 4.66. The summed E-state index contributed by atoms with van der Waals surface area (Å²) >= 11 is 0. The van der Waals surface area contributed by atoms with Crippen molar-refractivity contribution in [1.29, 1.82) is 0 Å². The topological polar surface area (TPSA) is 15.3 Å². The fourth-order valence-electron chi connectivity index (χ4n) is 4.59. The molecule has 2 atom stereocenters. The summed E-state index contributed by atoms with van der Waals surface area (Å²) in [6.45, 7) is 4.96. The van der Waals surface area contributed by atoms with Crippen molar-refractivity contribution in [1.82, 2.24) is 10.2 Å². The minimum atomic E-state index is 0.434. The van der Waals surface area contributed by atoms with Crippen molar-refractivity contribution in [3.63, 3.8) is 0 Å². The first-order valence-corrected chi connectivity index (χ1v) is 8.70. The van der Waals surface area contributed by atoms with Crippen molar-refractivity contribution in [2.75, 3.05) is 20.1 Å². The molecule has 1 spiro atoms. The van der Waals surface area contributed by atoms with Crippen LogP contribution in [-0.4, -0.2) is 31.1 Å². The van der Waals surface area contributed by atoms with Crippen LogP contribution in [0.5, 0.6) is 0 Å². The summed E-state index contributed by atoms with van der Waals surface area (Å²) in [5.41, 5.74) is 2.13. The predicted molar refractivity (Wildman–Crippen MR) is 89.4 cm³/mol. The van der Waals surface area contributed by atoms with Crippen LogP contribution in [0.25, 0.3) is 0 Å². The maximum absolute atomic E-state index is 3.53. The summed E-state index contributed by atoms with van der Waals surface area (Å²) < 4.78 is 0. The molecule has 1 saturated carbocycles. The molecule has 0 amide bonds. The number of nitrogens with zero attached hydrogens (tertiary/aromatic N) is 1. The van der Waals surface area contributed by atoms with Crippen molar-refractivity contribution in [2.24, 2.45) is 5.41 Å². The quantitative estimate of drug-likeness (QED) is 0.900. The number of rotatable bonds is 4. The number of benzene rings is 1. The molecule has 2 unspecified atom stereocenters. The fraction of sp³-hybridized carbons (Fsp3) is 0.684. The Balaban J connectivity index is 1.63. The molecule has 21 heavy (non-hydrogen) atoms. The highest BCUT2D eigenvalue weighted by atomic mass is 15.2. The lowest BCUT2D eigenvalue weighted by molar-refractivity contribution is 0.0683. The SMILES string of the molecule is CNC(c1ccccc1)C(C)N1CCC2(CCCC2)CC1. The van der Waals surface area contributed by atoms with E-state index in [9.17, 15) is 0 Å². The van der Waals surface area contributed by atoms with Crippen molar-refractivity contribution in [2.45, 2.75) is 57.5 Å². The summed E-state index contributed by atoms with van der Waals surface area (Å²) in [5, 5.41) is 3.53. The lowest BCUT2D eigenvalue weighted by atomic mass is 9.76. The first kappa shape index (κ1) is 15.1. The average molecular weight is 286 g/mol. The van der Waals surface area contributed by atoms with Crippen LogP contribution in [0, 0.1) is 5.41 Å². The van der Waals surface area contributed by atoms with E-state index in [4.69, 9.17) is 0 Å². The van der Waals surface area contributed by atoms with Gasteiger partial charge in [0.25, 0.3) is 0 Å². The van der Waals surface area contributed by atoms with Gasteiger partial charge in [-0.3, -0.25) is 4.90 Å². The molecule has 1 aromatic rings. The second-order valence-corrected chi connectivity index (χ2v) is 7.16. The molecule has 1 saturated heterocycles.